The van der Waals surface area contributed by atoms with Gasteiger partial charge in [-0.1, -0.05) is 15.9 Å². The van der Waals surface area contributed by atoms with Crippen LogP contribution >= 0.6 is 15.9 Å². The van der Waals surface area contributed by atoms with E-state index in [4.69, 9.17) is 0 Å². The summed E-state index contributed by atoms with van der Waals surface area (Å²) in [5.74, 6) is 0. The van der Waals surface area contributed by atoms with Crippen LogP contribution in [0.3, 0.4) is 0 Å². The van der Waals surface area contributed by atoms with E-state index < -0.39 is 11.0 Å². The van der Waals surface area contributed by atoms with Gasteiger partial charge in [-0.3, -0.25) is 10.1 Å². The highest BCUT2D eigenvalue weighted by Crippen LogP contribution is 2.28. The summed E-state index contributed by atoms with van der Waals surface area (Å²) >= 11 is 3.15. The van der Waals surface area contributed by atoms with Crippen LogP contribution in [0.2, 0.25) is 0 Å². The molecule has 2 N–H and O–H groups in total. The van der Waals surface area contributed by atoms with Gasteiger partial charge in [0.25, 0.3) is 5.69 Å². The predicted molar refractivity (Wildman–Crippen MR) is 59.7 cm³/mol. The number of likely N-dealkylation sites (N-methyl/N-ethyl adjacent to an activating group) is 1. The number of nitro groups is 1. The first-order valence-electron chi connectivity index (χ1n) is 4.32. The summed E-state index contributed by atoms with van der Waals surface area (Å²) in [6.45, 7) is 0.280. The van der Waals surface area contributed by atoms with Crippen LogP contribution in [0, 0.1) is 10.1 Å². The molecule has 0 fully saturated rings. The molecule has 0 saturated carbocycles. The molecule has 82 valence electrons. The summed E-state index contributed by atoms with van der Waals surface area (Å²) in [4.78, 5) is 10.2. The van der Waals surface area contributed by atoms with Crippen molar-refractivity contribution in [2.24, 2.45) is 0 Å². The molecule has 0 amide bonds. The fourth-order valence-corrected chi connectivity index (χ4v) is 1.61. The number of aliphatic hydroxyl groups excluding tert-OH is 1. The van der Waals surface area contributed by atoms with Crippen LogP contribution in [-0.2, 0) is 0 Å². The van der Waals surface area contributed by atoms with Crippen LogP contribution in [0.25, 0.3) is 0 Å². The molecule has 1 unspecified atom stereocenters. The quantitative estimate of drug-likeness (QED) is 0.646. The molecule has 0 heterocycles. The molecular formula is C9H11BrN2O3. The summed E-state index contributed by atoms with van der Waals surface area (Å²) in [6, 6.07) is 4.60. The molecule has 0 aliphatic rings. The van der Waals surface area contributed by atoms with Crippen LogP contribution < -0.4 is 5.32 Å². The third-order valence-electron chi connectivity index (χ3n) is 1.95. The topological polar surface area (TPSA) is 75.4 Å². The summed E-state index contributed by atoms with van der Waals surface area (Å²) < 4.78 is 0.620. The van der Waals surface area contributed by atoms with Crippen molar-refractivity contribution >= 4 is 21.6 Å². The van der Waals surface area contributed by atoms with E-state index in [2.05, 4.69) is 21.2 Å². The van der Waals surface area contributed by atoms with Crippen LogP contribution in [0.1, 0.15) is 11.7 Å². The van der Waals surface area contributed by atoms with Gasteiger partial charge in [-0.15, -0.1) is 0 Å². The van der Waals surface area contributed by atoms with Gasteiger partial charge in [-0.05, 0) is 19.2 Å². The second-order valence-electron chi connectivity index (χ2n) is 3.03. The lowest BCUT2D eigenvalue weighted by Crippen LogP contribution is -2.17. The van der Waals surface area contributed by atoms with Gasteiger partial charge < -0.3 is 10.4 Å². The van der Waals surface area contributed by atoms with Crippen LogP contribution in [-0.4, -0.2) is 23.6 Å². The maximum Gasteiger partial charge on any atom is 0.276 e. The summed E-state index contributed by atoms with van der Waals surface area (Å²) in [7, 11) is 1.67. The number of hydrogen-bond donors (Lipinski definition) is 2. The number of nitro benzene ring substituents is 1. The Balaban J connectivity index is 3.10. The number of halogens is 1. The number of benzene rings is 1. The highest BCUT2D eigenvalue weighted by atomic mass is 79.9. The van der Waals surface area contributed by atoms with E-state index in [1.807, 2.05) is 0 Å². The van der Waals surface area contributed by atoms with Crippen molar-refractivity contribution in [1.82, 2.24) is 5.32 Å². The Bertz CT molecular complexity index is 370. The Morgan fingerprint density at radius 1 is 1.67 bits per heavy atom. The minimum absolute atomic E-state index is 0.0767. The Morgan fingerprint density at radius 2 is 2.33 bits per heavy atom. The van der Waals surface area contributed by atoms with Gasteiger partial charge in [0, 0.05) is 17.1 Å². The van der Waals surface area contributed by atoms with E-state index in [0.717, 1.165) is 0 Å². The van der Waals surface area contributed by atoms with Crippen molar-refractivity contribution in [1.29, 1.82) is 0 Å². The van der Waals surface area contributed by atoms with Crippen molar-refractivity contribution in [2.75, 3.05) is 13.6 Å². The van der Waals surface area contributed by atoms with Crippen LogP contribution in [0.15, 0.2) is 22.7 Å². The lowest BCUT2D eigenvalue weighted by atomic mass is 10.1. The molecule has 15 heavy (non-hydrogen) atoms. The van der Waals surface area contributed by atoms with Gasteiger partial charge in [0.15, 0.2) is 0 Å². The van der Waals surface area contributed by atoms with Gasteiger partial charge in [-0.2, -0.15) is 0 Å². The van der Waals surface area contributed by atoms with E-state index in [9.17, 15) is 15.2 Å². The van der Waals surface area contributed by atoms with Crippen LogP contribution in [0.4, 0.5) is 5.69 Å². The predicted octanol–water partition coefficient (Wildman–Crippen LogP) is 1.61. The fourth-order valence-electron chi connectivity index (χ4n) is 1.26. The molecule has 1 rings (SSSR count). The van der Waals surface area contributed by atoms with E-state index in [-0.39, 0.29) is 12.2 Å². The molecule has 0 radical (unpaired) electrons. The number of nitrogens with zero attached hydrogens (tertiary/aromatic N) is 1. The first kappa shape index (κ1) is 12.1. The zero-order chi connectivity index (χ0) is 11.4. The minimum atomic E-state index is -0.872. The molecule has 1 aromatic rings. The lowest BCUT2D eigenvalue weighted by molar-refractivity contribution is -0.386. The van der Waals surface area contributed by atoms with E-state index in [1.54, 1.807) is 19.2 Å². The summed E-state index contributed by atoms with van der Waals surface area (Å²) in [6.07, 6.45) is -0.872. The molecule has 6 heteroatoms. The SMILES string of the molecule is CNCC(O)c1ccc(Br)cc1[N+](=O)[O-]. The van der Waals surface area contributed by atoms with Crippen molar-refractivity contribution in [3.05, 3.63) is 38.3 Å². The Labute approximate surface area is 95.4 Å². The molecule has 0 aromatic heterocycles. The Hall–Kier alpha value is -0.980. The molecule has 0 aliphatic carbocycles. The molecule has 1 atom stereocenters. The number of nitrogens with one attached hydrogen (secondary N) is 1. The first-order valence-corrected chi connectivity index (χ1v) is 5.12. The molecule has 1 aromatic carbocycles. The molecule has 0 bridgehead atoms. The standard InChI is InChI=1S/C9H11BrN2O3/c1-11-5-9(13)7-3-2-6(10)4-8(7)12(14)15/h2-4,9,11,13H,5H2,1H3. The monoisotopic (exact) mass is 274 g/mol. The Kier molecular flexibility index (Phi) is 4.19. The van der Waals surface area contributed by atoms with Crippen molar-refractivity contribution in [2.45, 2.75) is 6.10 Å². The van der Waals surface area contributed by atoms with Crippen molar-refractivity contribution in [3.8, 4) is 0 Å². The maximum atomic E-state index is 10.7. The molecule has 0 spiro atoms. The maximum absolute atomic E-state index is 10.7. The van der Waals surface area contributed by atoms with Gasteiger partial charge in [0.1, 0.15) is 0 Å². The van der Waals surface area contributed by atoms with E-state index in [0.29, 0.717) is 10.0 Å². The summed E-state index contributed by atoms with van der Waals surface area (Å²) in [5, 5.41) is 23.2. The average molecular weight is 275 g/mol. The average Bonchev–Trinajstić information content (AvgIpc) is 2.17. The highest BCUT2D eigenvalue weighted by Gasteiger charge is 2.19. The first-order chi connectivity index (χ1) is 7.06. The number of rotatable bonds is 4. The molecule has 5 nitrogen and oxygen atoms in total. The smallest absolute Gasteiger partial charge is 0.276 e. The third-order valence-corrected chi connectivity index (χ3v) is 2.44. The van der Waals surface area contributed by atoms with Gasteiger partial charge in [0.05, 0.1) is 16.6 Å². The minimum Gasteiger partial charge on any atom is -0.387 e. The lowest BCUT2D eigenvalue weighted by Gasteiger charge is -2.10. The summed E-state index contributed by atoms with van der Waals surface area (Å²) in [5.41, 5.74) is 0.240. The fraction of sp³-hybridized carbons (Fsp3) is 0.333. The van der Waals surface area contributed by atoms with Crippen molar-refractivity contribution < 1.29 is 10.0 Å². The largest absolute Gasteiger partial charge is 0.387 e. The Morgan fingerprint density at radius 3 is 2.87 bits per heavy atom. The van der Waals surface area contributed by atoms with Gasteiger partial charge >= 0.3 is 0 Å². The zero-order valence-electron chi connectivity index (χ0n) is 8.11. The third kappa shape index (κ3) is 2.98. The second kappa shape index (κ2) is 5.20. The van der Waals surface area contributed by atoms with Gasteiger partial charge in [-0.25, -0.2) is 0 Å². The number of aliphatic hydroxyl groups is 1. The zero-order valence-corrected chi connectivity index (χ0v) is 9.69. The van der Waals surface area contributed by atoms with Gasteiger partial charge in [0.2, 0.25) is 0 Å². The van der Waals surface area contributed by atoms with Crippen molar-refractivity contribution in [3.63, 3.8) is 0 Å². The normalized spacial score (nSPS) is 12.5. The number of hydrogen-bond acceptors (Lipinski definition) is 4. The van der Waals surface area contributed by atoms with E-state index >= 15 is 0 Å². The highest BCUT2D eigenvalue weighted by molar-refractivity contribution is 9.10. The molecule has 0 aliphatic heterocycles. The second-order valence-corrected chi connectivity index (χ2v) is 3.95. The van der Waals surface area contributed by atoms with Crippen LogP contribution in [0.5, 0.6) is 0 Å². The molecule has 0 saturated heterocycles. The molecular weight excluding hydrogens is 264 g/mol. The van der Waals surface area contributed by atoms with E-state index in [1.165, 1.54) is 6.07 Å².